The van der Waals surface area contributed by atoms with Crippen LogP contribution in [0.2, 0.25) is 0 Å². The molecule has 1 heterocycles. The van der Waals surface area contributed by atoms with Gasteiger partial charge in [-0.1, -0.05) is 17.7 Å². The molecule has 3 aromatic rings. The van der Waals surface area contributed by atoms with Crippen molar-refractivity contribution >= 4 is 21.9 Å². The van der Waals surface area contributed by atoms with E-state index in [9.17, 15) is 20.1 Å². The highest BCUT2D eigenvalue weighted by Gasteiger charge is 2.18. The van der Waals surface area contributed by atoms with Gasteiger partial charge < -0.3 is 19.7 Å². The molecule has 23 heavy (non-hydrogen) atoms. The van der Waals surface area contributed by atoms with Crippen LogP contribution < -0.4 is 5.43 Å². The summed E-state index contributed by atoms with van der Waals surface area (Å²) < 4.78 is 5.51. The minimum absolute atomic E-state index is 0.00180. The number of hydrogen-bond donors (Lipinski definition) is 3. The topological polar surface area (TPSA) is 90.9 Å². The predicted octanol–water partition coefficient (Wildman–Crippen LogP) is 3.57. The Hall–Kier alpha value is -2.95. The fraction of sp³-hybridized carbons (Fsp3) is 0.167. The Morgan fingerprint density at radius 3 is 2.43 bits per heavy atom. The van der Waals surface area contributed by atoms with Gasteiger partial charge in [0.05, 0.1) is 0 Å². The van der Waals surface area contributed by atoms with Gasteiger partial charge in [-0.25, -0.2) is 0 Å². The predicted molar refractivity (Wildman–Crippen MR) is 88.1 cm³/mol. The monoisotopic (exact) mass is 312 g/mol. The average Bonchev–Trinajstić information content (AvgIpc) is 2.50. The second kappa shape index (κ2) is 5.35. The summed E-state index contributed by atoms with van der Waals surface area (Å²) in [7, 11) is 0. The molecule has 2 aromatic carbocycles. The van der Waals surface area contributed by atoms with Crippen LogP contribution in [0.15, 0.2) is 45.1 Å². The summed E-state index contributed by atoms with van der Waals surface area (Å²) >= 11 is 0. The van der Waals surface area contributed by atoms with Crippen molar-refractivity contribution in [3.05, 3.63) is 51.7 Å². The lowest BCUT2D eigenvalue weighted by Crippen LogP contribution is -2.04. The van der Waals surface area contributed by atoms with E-state index in [1.807, 2.05) is 19.9 Å². The molecule has 0 bridgehead atoms. The number of aromatic hydroxyl groups is 3. The average molecular weight is 312 g/mol. The van der Waals surface area contributed by atoms with Crippen molar-refractivity contribution < 1.29 is 19.7 Å². The third-order valence-electron chi connectivity index (χ3n) is 3.73. The van der Waals surface area contributed by atoms with E-state index in [2.05, 4.69) is 0 Å². The summed E-state index contributed by atoms with van der Waals surface area (Å²) in [5, 5.41) is 30.0. The molecule has 0 aliphatic heterocycles. The molecule has 118 valence electrons. The normalized spacial score (nSPS) is 11.0. The maximum Gasteiger partial charge on any atom is 0.208 e. The Labute approximate surface area is 131 Å². The zero-order valence-electron chi connectivity index (χ0n) is 12.8. The van der Waals surface area contributed by atoms with Crippen LogP contribution in [-0.2, 0) is 6.42 Å². The van der Waals surface area contributed by atoms with Gasteiger partial charge in [0.2, 0.25) is 5.43 Å². The molecule has 1 aromatic heterocycles. The van der Waals surface area contributed by atoms with Gasteiger partial charge in [0.15, 0.2) is 11.3 Å². The number of fused-ring (bicyclic) bond motifs is 2. The first-order valence-corrected chi connectivity index (χ1v) is 7.16. The van der Waals surface area contributed by atoms with Gasteiger partial charge in [-0.15, -0.1) is 0 Å². The Bertz CT molecular complexity index is 1010. The van der Waals surface area contributed by atoms with Crippen LogP contribution in [0.3, 0.4) is 0 Å². The van der Waals surface area contributed by atoms with E-state index in [0.717, 1.165) is 5.57 Å². The van der Waals surface area contributed by atoms with Gasteiger partial charge in [-0.05, 0) is 44.0 Å². The van der Waals surface area contributed by atoms with Crippen LogP contribution in [0.25, 0.3) is 21.9 Å². The fourth-order valence-corrected chi connectivity index (χ4v) is 2.52. The lowest BCUT2D eigenvalue weighted by Gasteiger charge is -2.08. The standard InChI is InChI=1S/C18H16O5/c1-9(2)3-4-10-5-8-13-15(16(10)21)17(22)14-11(19)6-7-12(20)18(14)23-13/h3,5-8,19-21H,4H2,1-2H3. The molecule has 0 saturated heterocycles. The molecule has 0 aliphatic rings. The molecule has 0 atom stereocenters. The van der Waals surface area contributed by atoms with Crippen LogP contribution in [0.1, 0.15) is 19.4 Å². The molecule has 5 nitrogen and oxygen atoms in total. The highest BCUT2D eigenvalue weighted by Crippen LogP contribution is 2.35. The van der Waals surface area contributed by atoms with E-state index in [4.69, 9.17) is 4.42 Å². The van der Waals surface area contributed by atoms with E-state index < -0.39 is 5.43 Å². The molecule has 0 unspecified atom stereocenters. The van der Waals surface area contributed by atoms with E-state index in [1.54, 1.807) is 12.1 Å². The number of hydrogen-bond acceptors (Lipinski definition) is 5. The molecule has 0 spiro atoms. The Morgan fingerprint density at radius 1 is 1.04 bits per heavy atom. The number of phenolic OH excluding ortho intramolecular Hbond substituents is 3. The second-order valence-corrected chi connectivity index (χ2v) is 5.67. The van der Waals surface area contributed by atoms with Crippen molar-refractivity contribution in [3.63, 3.8) is 0 Å². The lowest BCUT2D eigenvalue weighted by atomic mass is 10.0. The molecule has 0 amide bonds. The maximum absolute atomic E-state index is 12.7. The number of allylic oxidation sites excluding steroid dienone is 2. The quantitative estimate of drug-likeness (QED) is 0.382. The Kier molecular flexibility index (Phi) is 3.48. The summed E-state index contributed by atoms with van der Waals surface area (Å²) in [6.07, 6.45) is 2.42. The molecule has 5 heteroatoms. The second-order valence-electron chi connectivity index (χ2n) is 5.67. The highest BCUT2D eigenvalue weighted by molar-refractivity contribution is 5.98. The van der Waals surface area contributed by atoms with Crippen LogP contribution in [0, 0.1) is 0 Å². The molecule has 3 rings (SSSR count). The number of rotatable bonds is 2. The van der Waals surface area contributed by atoms with Crippen LogP contribution in [0.4, 0.5) is 0 Å². The van der Waals surface area contributed by atoms with Gasteiger partial charge >= 0.3 is 0 Å². The molecular weight excluding hydrogens is 296 g/mol. The van der Waals surface area contributed by atoms with Crippen molar-refractivity contribution in [3.8, 4) is 17.2 Å². The summed E-state index contributed by atoms with van der Waals surface area (Å²) in [4.78, 5) is 12.7. The van der Waals surface area contributed by atoms with E-state index in [0.29, 0.717) is 12.0 Å². The first-order valence-electron chi connectivity index (χ1n) is 7.16. The van der Waals surface area contributed by atoms with E-state index >= 15 is 0 Å². The molecule has 0 fully saturated rings. The Morgan fingerprint density at radius 2 is 1.74 bits per heavy atom. The van der Waals surface area contributed by atoms with E-state index in [-0.39, 0.29) is 39.2 Å². The molecule has 0 radical (unpaired) electrons. The van der Waals surface area contributed by atoms with Crippen molar-refractivity contribution in [1.29, 1.82) is 0 Å². The number of benzene rings is 2. The van der Waals surface area contributed by atoms with Gasteiger partial charge in [0, 0.05) is 0 Å². The largest absolute Gasteiger partial charge is 0.507 e. The first kappa shape index (κ1) is 15.0. The van der Waals surface area contributed by atoms with E-state index in [1.165, 1.54) is 12.1 Å². The Balaban J connectivity index is 2.40. The van der Waals surface area contributed by atoms with Crippen molar-refractivity contribution in [2.24, 2.45) is 0 Å². The van der Waals surface area contributed by atoms with Crippen molar-refractivity contribution in [2.45, 2.75) is 20.3 Å². The smallest absolute Gasteiger partial charge is 0.208 e. The van der Waals surface area contributed by atoms with Crippen LogP contribution in [0.5, 0.6) is 17.2 Å². The molecular formula is C18H16O5. The lowest BCUT2D eigenvalue weighted by molar-refractivity contribution is 0.456. The van der Waals surface area contributed by atoms with Gasteiger partial charge in [0.25, 0.3) is 0 Å². The molecule has 0 aliphatic carbocycles. The van der Waals surface area contributed by atoms with Gasteiger partial charge in [-0.2, -0.15) is 0 Å². The molecule has 3 N–H and O–H groups in total. The van der Waals surface area contributed by atoms with Crippen LogP contribution in [-0.4, -0.2) is 15.3 Å². The summed E-state index contributed by atoms with van der Waals surface area (Å²) in [6.45, 7) is 3.89. The van der Waals surface area contributed by atoms with Crippen molar-refractivity contribution in [2.75, 3.05) is 0 Å². The summed E-state index contributed by atoms with van der Waals surface area (Å²) in [5.74, 6) is -0.717. The highest BCUT2D eigenvalue weighted by atomic mass is 16.4. The summed E-state index contributed by atoms with van der Waals surface area (Å²) in [6, 6.07) is 5.71. The minimum atomic E-state index is -0.578. The zero-order chi connectivity index (χ0) is 16.7. The van der Waals surface area contributed by atoms with Gasteiger partial charge in [0.1, 0.15) is 27.9 Å². The first-order chi connectivity index (χ1) is 10.9. The third-order valence-corrected chi connectivity index (χ3v) is 3.73. The fourth-order valence-electron chi connectivity index (χ4n) is 2.52. The maximum atomic E-state index is 12.7. The SMILES string of the molecule is CC(C)=CCc1ccc2oc3c(O)ccc(O)c3c(=O)c2c1O. The molecule has 0 saturated carbocycles. The van der Waals surface area contributed by atoms with Crippen LogP contribution >= 0.6 is 0 Å². The number of phenols is 3. The zero-order valence-corrected chi connectivity index (χ0v) is 12.8. The minimum Gasteiger partial charge on any atom is -0.507 e. The van der Waals surface area contributed by atoms with Gasteiger partial charge in [-0.3, -0.25) is 4.79 Å². The van der Waals surface area contributed by atoms with Crippen molar-refractivity contribution in [1.82, 2.24) is 0 Å². The summed E-state index contributed by atoms with van der Waals surface area (Å²) in [5.41, 5.74) is 1.16. The third kappa shape index (κ3) is 2.40.